The molecule has 0 unspecified atom stereocenters. The van der Waals surface area contributed by atoms with Gasteiger partial charge in [0.1, 0.15) is 5.82 Å². The summed E-state index contributed by atoms with van der Waals surface area (Å²) in [7, 11) is 0. The summed E-state index contributed by atoms with van der Waals surface area (Å²) >= 11 is 0. The molecular weight excluding hydrogens is 214 g/mol. The van der Waals surface area contributed by atoms with Gasteiger partial charge in [-0.2, -0.15) is 0 Å². The number of hydrogen-bond donors (Lipinski definition) is 2. The van der Waals surface area contributed by atoms with Gasteiger partial charge >= 0.3 is 0 Å². The summed E-state index contributed by atoms with van der Waals surface area (Å²) in [5, 5.41) is 6.27. The van der Waals surface area contributed by atoms with Gasteiger partial charge in [-0.05, 0) is 44.9 Å². The lowest BCUT2D eigenvalue weighted by molar-refractivity contribution is -0.120. The lowest BCUT2D eigenvalue weighted by Crippen LogP contribution is -2.40. The largest absolute Gasteiger partial charge is 0.314 e. The number of carbonyl (C=O) groups is 1. The number of aryl methyl sites for hydroxylation is 1. The van der Waals surface area contributed by atoms with Gasteiger partial charge in [0.2, 0.25) is 5.91 Å². The molecule has 0 aromatic carbocycles. The van der Waals surface area contributed by atoms with Crippen LogP contribution in [-0.4, -0.2) is 23.5 Å². The fraction of sp³-hybridized carbons (Fsp3) is 0.538. The first kappa shape index (κ1) is 12.0. The lowest BCUT2D eigenvalue weighted by Gasteiger charge is -2.27. The Bertz CT molecular complexity index is 405. The molecule has 2 N–H and O–H groups in total. The van der Waals surface area contributed by atoms with Crippen molar-refractivity contribution in [2.24, 2.45) is 5.92 Å². The van der Waals surface area contributed by atoms with Gasteiger partial charge in [-0.1, -0.05) is 6.07 Å². The van der Waals surface area contributed by atoms with Crippen LogP contribution in [0.15, 0.2) is 18.3 Å². The van der Waals surface area contributed by atoms with Crippen LogP contribution in [0.2, 0.25) is 0 Å². The first-order chi connectivity index (χ1) is 8.16. The van der Waals surface area contributed by atoms with Crippen molar-refractivity contribution in [1.82, 2.24) is 10.3 Å². The van der Waals surface area contributed by atoms with Gasteiger partial charge in [0.25, 0.3) is 0 Å². The highest BCUT2D eigenvalue weighted by Crippen LogP contribution is 2.19. The molecule has 0 bridgehead atoms. The van der Waals surface area contributed by atoms with Crippen molar-refractivity contribution in [2.45, 2.75) is 32.7 Å². The quantitative estimate of drug-likeness (QED) is 0.817. The predicted octanol–water partition coefficient (Wildman–Crippen LogP) is 1.72. The Hall–Kier alpha value is -1.42. The average Bonchev–Trinajstić information content (AvgIpc) is 2.32. The number of piperidine rings is 1. The molecule has 1 amide bonds. The third-order valence-corrected chi connectivity index (χ3v) is 3.25. The lowest BCUT2D eigenvalue weighted by atomic mass is 9.92. The molecule has 4 nitrogen and oxygen atoms in total. The Morgan fingerprint density at radius 2 is 2.41 bits per heavy atom. The van der Waals surface area contributed by atoms with Crippen molar-refractivity contribution in [2.75, 3.05) is 11.9 Å². The van der Waals surface area contributed by atoms with E-state index in [1.165, 1.54) is 0 Å². The molecule has 0 aliphatic carbocycles. The van der Waals surface area contributed by atoms with E-state index in [0.717, 1.165) is 24.9 Å². The van der Waals surface area contributed by atoms with Crippen molar-refractivity contribution in [1.29, 1.82) is 0 Å². The van der Waals surface area contributed by atoms with Crippen LogP contribution in [0.5, 0.6) is 0 Å². The number of amides is 1. The van der Waals surface area contributed by atoms with E-state index in [2.05, 4.69) is 22.5 Å². The zero-order chi connectivity index (χ0) is 12.3. The zero-order valence-electron chi connectivity index (χ0n) is 10.4. The van der Waals surface area contributed by atoms with Crippen LogP contribution >= 0.6 is 0 Å². The summed E-state index contributed by atoms with van der Waals surface area (Å²) in [6.45, 7) is 4.99. The molecule has 1 aromatic rings. The summed E-state index contributed by atoms with van der Waals surface area (Å²) < 4.78 is 0. The van der Waals surface area contributed by atoms with Crippen LogP contribution in [0.1, 0.15) is 25.3 Å². The molecule has 1 aliphatic rings. The Labute approximate surface area is 102 Å². The Balaban J connectivity index is 1.99. The second kappa shape index (κ2) is 5.27. The molecule has 1 aromatic heterocycles. The zero-order valence-corrected chi connectivity index (χ0v) is 10.4. The smallest absolute Gasteiger partial charge is 0.228 e. The third kappa shape index (κ3) is 3.03. The van der Waals surface area contributed by atoms with E-state index in [-0.39, 0.29) is 11.8 Å². The molecule has 1 saturated heterocycles. The summed E-state index contributed by atoms with van der Waals surface area (Å²) in [4.78, 5) is 16.3. The van der Waals surface area contributed by atoms with Crippen molar-refractivity contribution < 1.29 is 4.79 Å². The van der Waals surface area contributed by atoms with E-state index in [1.807, 2.05) is 19.1 Å². The van der Waals surface area contributed by atoms with Gasteiger partial charge in [-0.15, -0.1) is 0 Å². The van der Waals surface area contributed by atoms with Crippen molar-refractivity contribution in [3.8, 4) is 0 Å². The highest BCUT2D eigenvalue weighted by atomic mass is 16.1. The van der Waals surface area contributed by atoms with Crippen LogP contribution in [0.25, 0.3) is 0 Å². The van der Waals surface area contributed by atoms with Crippen LogP contribution in [-0.2, 0) is 4.79 Å². The minimum Gasteiger partial charge on any atom is -0.314 e. The molecule has 0 radical (unpaired) electrons. The maximum Gasteiger partial charge on any atom is 0.228 e. The number of nitrogens with one attached hydrogen (secondary N) is 2. The summed E-state index contributed by atoms with van der Waals surface area (Å²) in [6.07, 6.45) is 3.51. The van der Waals surface area contributed by atoms with E-state index in [0.29, 0.717) is 11.9 Å². The van der Waals surface area contributed by atoms with Crippen LogP contribution in [0.4, 0.5) is 5.82 Å². The highest BCUT2D eigenvalue weighted by molar-refractivity contribution is 5.92. The van der Waals surface area contributed by atoms with Crippen molar-refractivity contribution in [3.05, 3.63) is 23.9 Å². The van der Waals surface area contributed by atoms with Gasteiger partial charge in [-0.3, -0.25) is 4.79 Å². The van der Waals surface area contributed by atoms with Gasteiger partial charge < -0.3 is 10.6 Å². The summed E-state index contributed by atoms with van der Waals surface area (Å²) in [5.74, 6) is 0.886. The Morgan fingerprint density at radius 3 is 3.12 bits per heavy atom. The topological polar surface area (TPSA) is 54.0 Å². The molecule has 1 aliphatic heterocycles. The molecule has 92 valence electrons. The van der Waals surface area contributed by atoms with E-state index >= 15 is 0 Å². The molecule has 0 spiro atoms. The number of aromatic nitrogens is 1. The minimum atomic E-state index is 0.0974. The number of nitrogens with zero attached hydrogens (tertiary/aromatic N) is 1. The molecule has 4 heteroatoms. The first-order valence-corrected chi connectivity index (χ1v) is 6.12. The normalized spacial score (nSPS) is 24.4. The van der Waals surface area contributed by atoms with Crippen LogP contribution in [0.3, 0.4) is 0 Å². The summed E-state index contributed by atoms with van der Waals surface area (Å²) in [6, 6.07) is 4.25. The average molecular weight is 233 g/mol. The highest BCUT2D eigenvalue weighted by Gasteiger charge is 2.25. The number of rotatable bonds is 2. The Morgan fingerprint density at radius 1 is 1.59 bits per heavy atom. The number of hydrogen-bond acceptors (Lipinski definition) is 3. The van der Waals surface area contributed by atoms with Crippen molar-refractivity contribution >= 4 is 11.7 Å². The van der Waals surface area contributed by atoms with Gasteiger partial charge in [0, 0.05) is 18.2 Å². The van der Waals surface area contributed by atoms with Gasteiger partial charge in [0.05, 0.1) is 0 Å². The van der Waals surface area contributed by atoms with E-state index in [9.17, 15) is 4.79 Å². The SMILES string of the molecule is Cc1cccnc1NC(=O)[C@H]1CCN[C@@H](C)C1. The molecule has 0 saturated carbocycles. The second-order valence-electron chi connectivity index (χ2n) is 4.73. The third-order valence-electron chi connectivity index (χ3n) is 3.25. The van der Waals surface area contributed by atoms with Crippen LogP contribution in [0, 0.1) is 12.8 Å². The fourth-order valence-corrected chi connectivity index (χ4v) is 2.21. The standard InChI is InChI=1S/C13H19N3O/c1-9-4-3-6-15-12(9)16-13(17)11-5-7-14-10(2)8-11/h3-4,6,10-11,14H,5,7-8H2,1-2H3,(H,15,16,17)/t10-,11-/m0/s1. The van der Waals surface area contributed by atoms with E-state index in [1.54, 1.807) is 6.20 Å². The maximum absolute atomic E-state index is 12.1. The molecule has 2 atom stereocenters. The monoisotopic (exact) mass is 233 g/mol. The van der Waals surface area contributed by atoms with Gasteiger partial charge in [0.15, 0.2) is 0 Å². The van der Waals surface area contributed by atoms with E-state index < -0.39 is 0 Å². The van der Waals surface area contributed by atoms with Crippen molar-refractivity contribution in [3.63, 3.8) is 0 Å². The number of carbonyl (C=O) groups excluding carboxylic acids is 1. The van der Waals surface area contributed by atoms with Gasteiger partial charge in [-0.25, -0.2) is 4.98 Å². The van der Waals surface area contributed by atoms with E-state index in [4.69, 9.17) is 0 Å². The number of pyridine rings is 1. The van der Waals surface area contributed by atoms with Crippen LogP contribution < -0.4 is 10.6 Å². The minimum absolute atomic E-state index is 0.0974. The molecule has 17 heavy (non-hydrogen) atoms. The molecular formula is C13H19N3O. The first-order valence-electron chi connectivity index (χ1n) is 6.12. The molecule has 2 rings (SSSR count). The Kier molecular flexibility index (Phi) is 3.74. The maximum atomic E-state index is 12.1. The fourth-order valence-electron chi connectivity index (χ4n) is 2.21. The summed E-state index contributed by atoms with van der Waals surface area (Å²) in [5.41, 5.74) is 1.00. The number of anilines is 1. The second-order valence-corrected chi connectivity index (χ2v) is 4.73. The predicted molar refractivity (Wildman–Crippen MR) is 67.8 cm³/mol. The molecule has 1 fully saturated rings. The molecule has 2 heterocycles.